The molecule has 2 fully saturated rings. The maximum atomic E-state index is 11.9. The van der Waals surface area contributed by atoms with Crippen LogP contribution in [0.2, 0.25) is 0 Å². The fraction of sp³-hybridized carbons (Fsp3) is 0.267. The van der Waals surface area contributed by atoms with Crippen LogP contribution in [0.4, 0.5) is 0 Å². The highest BCUT2D eigenvalue weighted by Crippen LogP contribution is 2.47. The number of benzene rings is 1. The zero-order chi connectivity index (χ0) is 14.3. The molecule has 5 nitrogen and oxygen atoms in total. The quantitative estimate of drug-likeness (QED) is 0.661. The normalized spacial score (nSPS) is 24.3. The third-order valence-electron chi connectivity index (χ3n) is 3.75. The molecule has 2 atom stereocenters. The van der Waals surface area contributed by atoms with Crippen LogP contribution < -0.4 is 0 Å². The van der Waals surface area contributed by atoms with E-state index in [-0.39, 0.29) is 30.2 Å². The standard InChI is InChI=1S/C15H13NO4/c17-13(18)6-5-9-3-1-2-4-10(9)8-16-14(19)11-7-12(11)15(16)20/h1-6,11-12H,7-8H2,(H,17,18). The van der Waals surface area contributed by atoms with Gasteiger partial charge < -0.3 is 5.11 Å². The van der Waals surface area contributed by atoms with Crippen molar-refractivity contribution in [3.63, 3.8) is 0 Å². The molecule has 2 aliphatic rings. The van der Waals surface area contributed by atoms with E-state index in [4.69, 9.17) is 5.11 Å². The van der Waals surface area contributed by atoms with Crippen LogP contribution in [0.3, 0.4) is 0 Å². The zero-order valence-corrected chi connectivity index (χ0v) is 10.7. The van der Waals surface area contributed by atoms with E-state index < -0.39 is 5.97 Å². The number of carboxylic acid groups (broad SMARTS) is 1. The number of hydrogen-bond acceptors (Lipinski definition) is 3. The number of nitrogens with zero attached hydrogens (tertiary/aromatic N) is 1. The molecule has 1 heterocycles. The second-order valence-electron chi connectivity index (χ2n) is 5.08. The second-order valence-corrected chi connectivity index (χ2v) is 5.08. The molecular formula is C15H13NO4. The molecule has 0 bridgehead atoms. The van der Waals surface area contributed by atoms with Gasteiger partial charge in [-0.25, -0.2) is 4.79 Å². The number of hydrogen-bond donors (Lipinski definition) is 1. The molecule has 2 amide bonds. The molecule has 1 aromatic rings. The van der Waals surface area contributed by atoms with Crippen LogP contribution in [-0.2, 0) is 20.9 Å². The van der Waals surface area contributed by atoms with Gasteiger partial charge in [-0.15, -0.1) is 0 Å². The number of rotatable bonds is 4. The topological polar surface area (TPSA) is 74.7 Å². The van der Waals surface area contributed by atoms with E-state index in [2.05, 4.69) is 0 Å². The van der Waals surface area contributed by atoms with E-state index in [1.54, 1.807) is 24.3 Å². The molecule has 102 valence electrons. The van der Waals surface area contributed by atoms with Crippen LogP contribution in [0.5, 0.6) is 0 Å². The van der Waals surface area contributed by atoms with Crippen molar-refractivity contribution in [3.05, 3.63) is 41.5 Å². The molecule has 0 radical (unpaired) electrons. The average Bonchev–Trinajstić information content (AvgIpc) is 3.18. The molecule has 5 heteroatoms. The summed E-state index contributed by atoms with van der Waals surface area (Å²) in [6, 6.07) is 7.15. The van der Waals surface area contributed by atoms with Crippen molar-refractivity contribution in [2.75, 3.05) is 0 Å². The Morgan fingerprint density at radius 1 is 1.25 bits per heavy atom. The molecule has 2 unspecified atom stereocenters. The zero-order valence-electron chi connectivity index (χ0n) is 10.7. The maximum absolute atomic E-state index is 11.9. The van der Waals surface area contributed by atoms with Gasteiger partial charge in [0.2, 0.25) is 11.8 Å². The van der Waals surface area contributed by atoms with Crippen LogP contribution in [0, 0.1) is 11.8 Å². The van der Waals surface area contributed by atoms with Gasteiger partial charge in [0.15, 0.2) is 0 Å². The lowest BCUT2D eigenvalue weighted by Crippen LogP contribution is -2.32. The SMILES string of the molecule is O=C(O)C=Cc1ccccc1CN1C(=O)C2CC2C1=O. The number of amides is 2. The summed E-state index contributed by atoms with van der Waals surface area (Å²) in [6.07, 6.45) is 3.21. The largest absolute Gasteiger partial charge is 0.478 e. The Kier molecular flexibility index (Phi) is 2.89. The second kappa shape index (κ2) is 4.59. The molecule has 1 saturated heterocycles. The van der Waals surface area contributed by atoms with Gasteiger partial charge in [-0.2, -0.15) is 0 Å². The van der Waals surface area contributed by atoms with Crippen molar-refractivity contribution in [2.45, 2.75) is 13.0 Å². The Hall–Kier alpha value is -2.43. The van der Waals surface area contributed by atoms with E-state index in [9.17, 15) is 14.4 Å². The smallest absolute Gasteiger partial charge is 0.328 e. The number of carbonyl (C=O) groups excluding carboxylic acids is 2. The monoisotopic (exact) mass is 271 g/mol. The molecular weight excluding hydrogens is 258 g/mol. The summed E-state index contributed by atoms with van der Waals surface area (Å²) in [4.78, 5) is 35.7. The minimum absolute atomic E-state index is 0.1000. The highest BCUT2D eigenvalue weighted by molar-refractivity contribution is 6.08. The lowest BCUT2D eigenvalue weighted by Gasteiger charge is -2.17. The van der Waals surface area contributed by atoms with Crippen molar-refractivity contribution >= 4 is 23.9 Å². The summed E-state index contributed by atoms with van der Waals surface area (Å²) in [7, 11) is 0. The minimum Gasteiger partial charge on any atom is -0.478 e. The van der Waals surface area contributed by atoms with E-state index in [1.165, 1.54) is 11.0 Å². The third-order valence-corrected chi connectivity index (χ3v) is 3.75. The first kappa shape index (κ1) is 12.6. The summed E-state index contributed by atoms with van der Waals surface area (Å²) in [5.74, 6) is -1.45. The molecule has 0 spiro atoms. The van der Waals surface area contributed by atoms with Crippen LogP contribution in [0.15, 0.2) is 30.3 Å². The molecule has 3 rings (SSSR count). The number of carboxylic acids is 1. The fourth-order valence-corrected chi connectivity index (χ4v) is 2.58. The minimum atomic E-state index is -1.03. The number of imide groups is 1. The number of carbonyl (C=O) groups is 3. The van der Waals surface area contributed by atoms with Gasteiger partial charge in [-0.1, -0.05) is 24.3 Å². The molecule has 1 saturated carbocycles. The van der Waals surface area contributed by atoms with E-state index in [1.807, 2.05) is 0 Å². The first-order valence-electron chi connectivity index (χ1n) is 6.42. The van der Waals surface area contributed by atoms with Gasteiger partial charge in [0.05, 0.1) is 18.4 Å². The van der Waals surface area contributed by atoms with Crippen molar-refractivity contribution in [3.8, 4) is 0 Å². The molecule has 0 aromatic heterocycles. The predicted octanol–water partition coefficient (Wildman–Crippen LogP) is 1.29. The van der Waals surface area contributed by atoms with Crippen LogP contribution in [0.1, 0.15) is 17.5 Å². The Bertz CT molecular complexity index is 615. The summed E-state index contributed by atoms with van der Waals surface area (Å²) in [6.45, 7) is 0.213. The lowest BCUT2D eigenvalue weighted by molar-refractivity contribution is -0.142. The molecule has 1 aliphatic carbocycles. The average molecular weight is 271 g/mol. The Balaban J connectivity index is 1.82. The Morgan fingerprint density at radius 3 is 2.55 bits per heavy atom. The molecule has 1 N–H and O–H groups in total. The Labute approximate surface area is 115 Å². The summed E-state index contributed by atoms with van der Waals surface area (Å²) in [5.41, 5.74) is 1.48. The van der Waals surface area contributed by atoms with E-state index in [0.29, 0.717) is 12.0 Å². The maximum Gasteiger partial charge on any atom is 0.328 e. The van der Waals surface area contributed by atoms with Gasteiger partial charge in [-0.05, 0) is 23.6 Å². The fourth-order valence-electron chi connectivity index (χ4n) is 2.58. The van der Waals surface area contributed by atoms with Crippen LogP contribution in [-0.4, -0.2) is 27.8 Å². The van der Waals surface area contributed by atoms with Crippen LogP contribution in [0.25, 0.3) is 6.08 Å². The lowest BCUT2D eigenvalue weighted by atomic mass is 10.1. The Morgan fingerprint density at radius 2 is 1.90 bits per heavy atom. The molecule has 1 aromatic carbocycles. The highest BCUT2D eigenvalue weighted by Gasteiger charge is 2.58. The highest BCUT2D eigenvalue weighted by atomic mass is 16.4. The number of likely N-dealkylation sites (tertiary alicyclic amines) is 1. The van der Waals surface area contributed by atoms with Crippen molar-refractivity contribution < 1.29 is 19.5 Å². The predicted molar refractivity (Wildman–Crippen MR) is 70.3 cm³/mol. The molecule has 20 heavy (non-hydrogen) atoms. The summed E-state index contributed by atoms with van der Waals surface area (Å²) in [5, 5.41) is 8.67. The number of aliphatic carboxylic acids is 1. The van der Waals surface area contributed by atoms with Crippen LogP contribution >= 0.6 is 0 Å². The van der Waals surface area contributed by atoms with Gasteiger partial charge in [-0.3, -0.25) is 14.5 Å². The first-order chi connectivity index (χ1) is 9.58. The van der Waals surface area contributed by atoms with Gasteiger partial charge in [0.1, 0.15) is 0 Å². The third kappa shape index (κ3) is 2.11. The first-order valence-corrected chi connectivity index (χ1v) is 6.42. The van der Waals surface area contributed by atoms with E-state index >= 15 is 0 Å². The van der Waals surface area contributed by atoms with Crippen molar-refractivity contribution in [1.82, 2.24) is 4.90 Å². The summed E-state index contributed by atoms with van der Waals surface area (Å²) < 4.78 is 0. The van der Waals surface area contributed by atoms with Gasteiger partial charge >= 0.3 is 5.97 Å². The van der Waals surface area contributed by atoms with Gasteiger partial charge in [0, 0.05) is 6.08 Å². The van der Waals surface area contributed by atoms with Gasteiger partial charge in [0.25, 0.3) is 0 Å². The van der Waals surface area contributed by atoms with E-state index in [0.717, 1.165) is 11.6 Å². The van der Waals surface area contributed by atoms with Crippen molar-refractivity contribution in [2.24, 2.45) is 11.8 Å². The number of fused-ring (bicyclic) bond motifs is 1. The summed E-state index contributed by atoms with van der Waals surface area (Å²) >= 11 is 0. The number of piperidine rings is 1. The molecule has 1 aliphatic heterocycles. The van der Waals surface area contributed by atoms with Crippen molar-refractivity contribution in [1.29, 1.82) is 0 Å².